The fourth-order valence-corrected chi connectivity index (χ4v) is 3.39. The van der Waals surface area contributed by atoms with Crippen LogP contribution in [0.15, 0.2) is 18.2 Å². The highest BCUT2D eigenvalue weighted by atomic mass is 16.4. The van der Waals surface area contributed by atoms with E-state index in [1.165, 1.54) is 0 Å². The largest absolute Gasteiger partial charge is 0.480 e. The lowest BCUT2D eigenvalue weighted by molar-refractivity contribution is -0.137. The number of benzene rings is 1. The first-order chi connectivity index (χ1) is 11.0. The normalized spacial score (nSPS) is 23.5. The molecule has 0 saturated carbocycles. The third kappa shape index (κ3) is 3.17. The van der Waals surface area contributed by atoms with Gasteiger partial charge in [0, 0.05) is 36.8 Å². The van der Waals surface area contributed by atoms with E-state index in [1.807, 2.05) is 31.1 Å². The Morgan fingerprint density at radius 3 is 2.83 bits per heavy atom. The number of hydrogen-bond acceptors (Lipinski definition) is 4. The van der Waals surface area contributed by atoms with Gasteiger partial charge >= 0.3 is 5.97 Å². The molecule has 2 N–H and O–H groups in total. The summed E-state index contributed by atoms with van der Waals surface area (Å²) in [6.45, 7) is 1.54. The van der Waals surface area contributed by atoms with Crippen LogP contribution in [0, 0.1) is 0 Å². The molecule has 6 heteroatoms. The second-order valence-electron chi connectivity index (χ2n) is 6.62. The number of piperidine rings is 1. The molecule has 1 saturated heterocycles. The molecule has 6 nitrogen and oxygen atoms in total. The molecule has 23 heavy (non-hydrogen) atoms. The number of aliphatic carboxylic acids is 1. The molecule has 2 aliphatic rings. The van der Waals surface area contributed by atoms with Gasteiger partial charge in [0.2, 0.25) is 0 Å². The average molecular weight is 317 g/mol. The van der Waals surface area contributed by atoms with Crippen LogP contribution in [0.4, 0.5) is 5.69 Å². The topological polar surface area (TPSA) is 72.9 Å². The number of nitrogens with one attached hydrogen (secondary N) is 1. The lowest BCUT2D eigenvalue weighted by atomic mass is 10.0. The Kier molecular flexibility index (Phi) is 4.26. The molecular weight excluding hydrogens is 294 g/mol. The molecule has 3 rings (SSSR count). The Morgan fingerprint density at radius 2 is 2.13 bits per heavy atom. The maximum Gasteiger partial charge on any atom is 0.326 e. The summed E-state index contributed by atoms with van der Waals surface area (Å²) in [5, 5.41) is 12.1. The Labute approximate surface area is 136 Å². The number of likely N-dealkylation sites (tertiary alicyclic amines) is 1. The highest BCUT2D eigenvalue weighted by Crippen LogP contribution is 2.28. The van der Waals surface area contributed by atoms with Crippen molar-refractivity contribution >= 4 is 17.6 Å². The quantitative estimate of drug-likeness (QED) is 0.878. The Balaban J connectivity index is 1.74. The number of carboxylic acids is 1. The Hall–Kier alpha value is -2.08. The number of fused-ring (bicyclic) bond motifs is 1. The molecule has 2 atom stereocenters. The van der Waals surface area contributed by atoms with Gasteiger partial charge in [-0.3, -0.25) is 4.79 Å². The van der Waals surface area contributed by atoms with Crippen LogP contribution >= 0.6 is 0 Å². The van der Waals surface area contributed by atoms with Crippen molar-refractivity contribution in [3.63, 3.8) is 0 Å². The first-order valence-corrected chi connectivity index (χ1v) is 8.03. The first-order valence-electron chi connectivity index (χ1n) is 8.03. The molecule has 2 heterocycles. The predicted octanol–water partition coefficient (Wildman–Crippen LogP) is 1.27. The standard InChI is InChI=1S/C17H23N3O3/c1-19(2)13-4-3-7-20(10-13)16(21)11-5-6-14-12(8-11)9-15(18-14)17(22)23/h5-6,8,13,15,18H,3-4,7,9-10H2,1-2H3,(H,22,23). The number of carboxylic acid groups (broad SMARTS) is 1. The lowest BCUT2D eigenvalue weighted by Crippen LogP contribution is -2.47. The van der Waals surface area contributed by atoms with Crippen molar-refractivity contribution in [2.75, 3.05) is 32.5 Å². The number of carbonyl (C=O) groups is 2. The van der Waals surface area contributed by atoms with Crippen LogP contribution in [0.25, 0.3) is 0 Å². The van der Waals surface area contributed by atoms with Crippen molar-refractivity contribution in [3.8, 4) is 0 Å². The fraction of sp³-hybridized carbons (Fsp3) is 0.529. The molecule has 1 aromatic carbocycles. The molecule has 1 aromatic rings. The van der Waals surface area contributed by atoms with Crippen molar-refractivity contribution < 1.29 is 14.7 Å². The highest BCUT2D eigenvalue weighted by Gasteiger charge is 2.29. The SMILES string of the molecule is CN(C)C1CCCN(C(=O)c2ccc3c(c2)CC(C(=O)O)N3)C1. The van der Waals surface area contributed by atoms with Crippen molar-refractivity contribution in [1.29, 1.82) is 0 Å². The third-order valence-electron chi connectivity index (χ3n) is 4.82. The van der Waals surface area contributed by atoms with Crippen LogP contribution in [0.5, 0.6) is 0 Å². The van der Waals surface area contributed by atoms with Gasteiger partial charge in [-0.15, -0.1) is 0 Å². The van der Waals surface area contributed by atoms with Crippen LogP contribution in [-0.2, 0) is 11.2 Å². The number of likely N-dealkylation sites (N-methyl/N-ethyl adjacent to an activating group) is 1. The number of anilines is 1. The molecular formula is C17H23N3O3. The number of carbonyl (C=O) groups excluding carboxylic acids is 1. The summed E-state index contributed by atoms with van der Waals surface area (Å²) in [4.78, 5) is 27.9. The van der Waals surface area contributed by atoms with Crippen molar-refractivity contribution in [2.45, 2.75) is 31.3 Å². The second kappa shape index (κ2) is 6.20. The van der Waals surface area contributed by atoms with E-state index in [-0.39, 0.29) is 5.91 Å². The summed E-state index contributed by atoms with van der Waals surface area (Å²) >= 11 is 0. The Bertz CT molecular complexity index is 630. The molecule has 0 radical (unpaired) electrons. The second-order valence-corrected chi connectivity index (χ2v) is 6.62. The zero-order chi connectivity index (χ0) is 16.6. The summed E-state index contributed by atoms with van der Waals surface area (Å²) in [6, 6.07) is 5.26. The van der Waals surface area contributed by atoms with Crippen molar-refractivity contribution in [2.24, 2.45) is 0 Å². The van der Waals surface area contributed by atoms with Crippen LogP contribution < -0.4 is 5.32 Å². The van der Waals surface area contributed by atoms with Gasteiger partial charge in [0.1, 0.15) is 6.04 Å². The molecule has 0 aromatic heterocycles. The van der Waals surface area contributed by atoms with Crippen molar-refractivity contribution in [3.05, 3.63) is 29.3 Å². The molecule has 1 fully saturated rings. The maximum absolute atomic E-state index is 12.8. The zero-order valence-corrected chi connectivity index (χ0v) is 13.6. The van der Waals surface area contributed by atoms with E-state index < -0.39 is 12.0 Å². The van der Waals surface area contributed by atoms with E-state index in [1.54, 1.807) is 6.07 Å². The molecule has 124 valence electrons. The first kappa shape index (κ1) is 15.8. The minimum Gasteiger partial charge on any atom is -0.480 e. The number of nitrogens with zero attached hydrogens (tertiary/aromatic N) is 2. The molecule has 2 unspecified atom stereocenters. The summed E-state index contributed by atoms with van der Waals surface area (Å²) in [5.74, 6) is -0.822. The average Bonchev–Trinajstić information content (AvgIpc) is 2.97. The number of hydrogen-bond donors (Lipinski definition) is 2. The van der Waals surface area contributed by atoms with Gasteiger partial charge in [-0.2, -0.15) is 0 Å². The molecule has 2 aliphatic heterocycles. The van der Waals surface area contributed by atoms with Gasteiger partial charge in [0.25, 0.3) is 5.91 Å². The van der Waals surface area contributed by atoms with Gasteiger partial charge < -0.3 is 20.2 Å². The van der Waals surface area contributed by atoms with Gasteiger partial charge in [-0.05, 0) is 50.7 Å². The minimum atomic E-state index is -0.862. The van der Waals surface area contributed by atoms with Gasteiger partial charge in [-0.1, -0.05) is 0 Å². The minimum absolute atomic E-state index is 0.0399. The highest BCUT2D eigenvalue weighted by molar-refractivity contribution is 5.95. The number of amides is 1. The van der Waals surface area contributed by atoms with E-state index in [0.717, 1.165) is 37.2 Å². The third-order valence-corrected chi connectivity index (χ3v) is 4.82. The Morgan fingerprint density at radius 1 is 1.35 bits per heavy atom. The van der Waals surface area contributed by atoms with E-state index in [0.29, 0.717) is 18.0 Å². The van der Waals surface area contributed by atoms with Crippen LogP contribution in [0.2, 0.25) is 0 Å². The van der Waals surface area contributed by atoms with E-state index in [4.69, 9.17) is 5.11 Å². The maximum atomic E-state index is 12.8. The summed E-state index contributed by atoms with van der Waals surface area (Å²) < 4.78 is 0. The number of rotatable bonds is 3. The van der Waals surface area contributed by atoms with E-state index in [9.17, 15) is 9.59 Å². The molecule has 1 amide bonds. The molecule has 0 bridgehead atoms. The molecule has 0 spiro atoms. The summed E-state index contributed by atoms with van der Waals surface area (Å²) in [6.07, 6.45) is 2.56. The van der Waals surface area contributed by atoms with Gasteiger partial charge in [0.05, 0.1) is 0 Å². The summed E-state index contributed by atoms with van der Waals surface area (Å²) in [5.41, 5.74) is 2.37. The van der Waals surface area contributed by atoms with Crippen LogP contribution in [-0.4, -0.2) is 66.1 Å². The smallest absolute Gasteiger partial charge is 0.326 e. The summed E-state index contributed by atoms with van der Waals surface area (Å²) in [7, 11) is 4.09. The van der Waals surface area contributed by atoms with Crippen LogP contribution in [0.1, 0.15) is 28.8 Å². The lowest BCUT2D eigenvalue weighted by Gasteiger charge is -2.36. The van der Waals surface area contributed by atoms with Gasteiger partial charge in [0.15, 0.2) is 0 Å². The fourth-order valence-electron chi connectivity index (χ4n) is 3.39. The zero-order valence-electron chi connectivity index (χ0n) is 13.6. The van der Waals surface area contributed by atoms with E-state index >= 15 is 0 Å². The predicted molar refractivity (Wildman–Crippen MR) is 87.8 cm³/mol. The van der Waals surface area contributed by atoms with E-state index in [2.05, 4.69) is 10.2 Å². The van der Waals surface area contributed by atoms with Crippen LogP contribution in [0.3, 0.4) is 0 Å². The monoisotopic (exact) mass is 317 g/mol. The molecule has 0 aliphatic carbocycles. The van der Waals surface area contributed by atoms with Crippen molar-refractivity contribution in [1.82, 2.24) is 9.80 Å². The van der Waals surface area contributed by atoms with Gasteiger partial charge in [-0.25, -0.2) is 4.79 Å².